The standard InChI is InChI=1S/C11H17N3OS/c1-2-8(10-12-5-6-13-10)14-11(15)9-4-3-7-16-9/h5-6,8-9H,2-4,7H2,1H3,(H,12,13)(H,14,15). The molecule has 2 unspecified atom stereocenters. The topological polar surface area (TPSA) is 57.8 Å². The highest BCUT2D eigenvalue weighted by molar-refractivity contribution is 8.00. The number of hydrogen-bond acceptors (Lipinski definition) is 3. The van der Waals surface area contributed by atoms with Gasteiger partial charge < -0.3 is 10.3 Å². The van der Waals surface area contributed by atoms with E-state index in [9.17, 15) is 4.79 Å². The maximum absolute atomic E-state index is 11.9. The van der Waals surface area contributed by atoms with E-state index in [1.54, 1.807) is 24.2 Å². The molecule has 2 N–H and O–H groups in total. The van der Waals surface area contributed by atoms with Gasteiger partial charge in [-0.05, 0) is 25.0 Å². The van der Waals surface area contributed by atoms with E-state index in [0.717, 1.165) is 30.8 Å². The second kappa shape index (κ2) is 5.39. The average molecular weight is 239 g/mol. The molecule has 1 aromatic rings. The molecule has 1 fully saturated rings. The third kappa shape index (κ3) is 2.58. The predicted octanol–water partition coefficient (Wildman–Crippen LogP) is 1.87. The molecule has 0 bridgehead atoms. The van der Waals surface area contributed by atoms with E-state index in [2.05, 4.69) is 22.2 Å². The van der Waals surface area contributed by atoms with E-state index >= 15 is 0 Å². The Balaban J connectivity index is 1.93. The van der Waals surface area contributed by atoms with Crippen molar-refractivity contribution in [2.75, 3.05) is 5.75 Å². The van der Waals surface area contributed by atoms with Crippen molar-refractivity contribution < 1.29 is 4.79 Å². The van der Waals surface area contributed by atoms with Gasteiger partial charge in [-0.25, -0.2) is 4.98 Å². The van der Waals surface area contributed by atoms with E-state index < -0.39 is 0 Å². The molecule has 88 valence electrons. The Morgan fingerprint density at radius 3 is 3.25 bits per heavy atom. The summed E-state index contributed by atoms with van der Waals surface area (Å²) in [4.78, 5) is 19.2. The van der Waals surface area contributed by atoms with Crippen molar-refractivity contribution in [1.29, 1.82) is 0 Å². The first kappa shape index (κ1) is 11.5. The fraction of sp³-hybridized carbons (Fsp3) is 0.636. The molecule has 5 heteroatoms. The Bertz CT molecular complexity index is 333. The zero-order chi connectivity index (χ0) is 11.4. The highest BCUT2D eigenvalue weighted by Gasteiger charge is 2.25. The van der Waals surface area contributed by atoms with Crippen LogP contribution in [0.5, 0.6) is 0 Å². The van der Waals surface area contributed by atoms with Crippen LogP contribution in [0.1, 0.15) is 38.1 Å². The van der Waals surface area contributed by atoms with Gasteiger partial charge in [-0.2, -0.15) is 0 Å². The molecule has 0 aromatic carbocycles. The minimum Gasteiger partial charge on any atom is -0.347 e. The van der Waals surface area contributed by atoms with Crippen LogP contribution in [0.2, 0.25) is 0 Å². The molecular weight excluding hydrogens is 222 g/mol. The lowest BCUT2D eigenvalue weighted by Crippen LogP contribution is -2.34. The third-order valence-corrected chi connectivity index (χ3v) is 4.17. The zero-order valence-corrected chi connectivity index (χ0v) is 10.2. The molecule has 1 aliphatic rings. The maximum Gasteiger partial charge on any atom is 0.233 e. The molecule has 0 radical (unpaired) electrons. The van der Waals surface area contributed by atoms with E-state index in [4.69, 9.17) is 0 Å². The van der Waals surface area contributed by atoms with Crippen LogP contribution >= 0.6 is 11.8 Å². The van der Waals surface area contributed by atoms with Crippen molar-refractivity contribution >= 4 is 17.7 Å². The van der Waals surface area contributed by atoms with Crippen LogP contribution in [0.4, 0.5) is 0 Å². The lowest BCUT2D eigenvalue weighted by atomic mass is 10.2. The molecule has 1 amide bonds. The second-order valence-corrected chi connectivity index (χ2v) is 5.26. The number of hydrogen-bond donors (Lipinski definition) is 2. The minimum atomic E-state index is 0.0173. The summed E-state index contributed by atoms with van der Waals surface area (Å²) >= 11 is 1.76. The Morgan fingerprint density at radius 2 is 2.69 bits per heavy atom. The lowest BCUT2D eigenvalue weighted by molar-refractivity contribution is -0.121. The van der Waals surface area contributed by atoms with Crippen LogP contribution < -0.4 is 5.32 Å². The number of thioether (sulfide) groups is 1. The zero-order valence-electron chi connectivity index (χ0n) is 9.40. The number of nitrogens with zero attached hydrogens (tertiary/aromatic N) is 1. The van der Waals surface area contributed by atoms with Gasteiger partial charge in [-0.1, -0.05) is 6.92 Å². The van der Waals surface area contributed by atoms with Gasteiger partial charge >= 0.3 is 0 Å². The number of rotatable bonds is 4. The maximum atomic E-state index is 11.9. The monoisotopic (exact) mass is 239 g/mol. The summed E-state index contributed by atoms with van der Waals surface area (Å²) in [7, 11) is 0. The van der Waals surface area contributed by atoms with Gasteiger partial charge in [-0.3, -0.25) is 4.79 Å². The average Bonchev–Trinajstić information content (AvgIpc) is 2.96. The van der Waals surface area contributed by atoms with Crippen LogP contribution in [0.25, 0.3) is 0 Å². The van der Waals surface area contributed by atoms with Gasteiger partial charge in [-0.15, -0.1) is 11.8 Å². The van der Waals surface area contributed by atoms with Crippen molar-refractivity contribution in [2.24, 2.45) is 0 Å². The first-order valence-electron chi connectivity index (χ1n) is 5.72. The Labute approximate surface area is 99.6 Å². The number of nitrogens with one attached hydrogen (secondary N) is 2. The number of H-pyrrole nitrogens is 1. The Morgan fingerprint density at radius 1 is 1.81 bits per heavy atom. The van der Waals surface area contributed by atoms with Gasteiger partial charge in [0, 0.05) is 12.4 Å². The summed E-state index contributed by atoms with van der Waals surface area (Å²) in [5.41, 5.74) is 0. The summed E-state index contributed by atoms with van der Waals surface area (Å²) < 4.78 is 0. The molecule has 1 aromatic heterocycles. The van der Waals surface area contributed by atoms with Crippen LogP contribution in [0.15, 0.2) is 12.4 Å². The van der Waals surface area contributed by atoms with Crippen molar-refractivity contribution in [1.82, 2.24) is 15.3 Å². The van der Waals surface area contributed by atoms with E-state index in [-0.39, 0.29) is 17.2 Å². The predicted molar refractivity (Wildman–Crippen MR) is 65.2 cm³/mol. The quantitative estimate of drug-likeness (QED) is 0.843. The fourth-order valence-electron chi connectivity index (χ4n) is 1.88. The number of imidazole rings is 1. The largest absolute Gasteiger partial charge is 0.347 e. The van der Waals surface area contributed by atoms with Gasteiger partial charge in [0.1, 0.15) is 5.82 Å². The van der Waals surface area contributed by atoms with Crippen molar-refractivity contribution in [3.05, 3.63) is 18.2 Å². The van der Waals surface area contributed by atoms with Crippen LogP contribution in [-0.2, 0) is 4.79 Å². The fourth-order valence-corrected chi connectivity index (χ4v) is 3.05. The number of aromatic amines is 1. The molecule has 4 nitrogen and oxygen atoms in total. The van der Waals surface area contributed by atoms with Crippen LogP contribution in [0.3, 0.4) is 0 Å². The molecule has 0 aliphatic carbocycles. The minimum absolute atomic E-state index is 0.0173. The van der Waals surface area contributed by atoms with Gasteiger partial charge in [0.15, 0.2) is 0 Å². The molecular formula is C11H17N3OS. The Kier molecular flexibility index (Phi) is 3.88. The first-order chi connectivity index (χ1) is 7.81. The molecule has 2 atom stereocenters. The number of aromatic nitrogens is 2. The van der Waals surface area contributed by atoms with E-state index in [1.165, 1.54) is 0 Å². The normalized spacial score (nSPS) is 21.9. The molecule has 0 spiro atoms. The van der Waals surface area contributed by atoms with Crippen molar-refractivity contribution in [2.45, 2.75) is 37.5 Å². The van der Waals surface area contributed by atoms with Gasteiger partial charge in [0.25, 0.3) is 0 Å². The van der Waals surface area contributed by atoms with Gasteiger partial charge in [0.05, 0.1) is 11.3 Å². The summed E-state index contributed by atoms with van der Waals surface area (Å²) in [6.45, 7) is 2.05. The molecule has 2 heterocycles. The number of carbonyl (C=O) groups is 1. The summed E-state index contributed by atoms with van der Waals surface area (Å²) in [6, 6.07) is 0.0173. The lowest BCUT2D eigenvalue weighted by Gasteiger charge is -2.17. The highest BCUT2D eigenvalue weighted by atomic mass is 32.2. The van der Waals surface area contributed by atoms with Crippen molar-refractivity contribution in [3.63, 3.8) is 0 Å². The van der Waals surface area contributed by atoms with E-state index in [0.29, 0.717) is 0 Å². The van der Waals surface area contributed by atoms with E-state index in [1.807, 2.05) is 0 Å². The summed E-state index contributed by atoms with van der Waals surface area (Å²) in [5, 5.41) is 3.20. The first-order valence-corrected chi connectivity index (χ1v) is 6.77. The molecule has 16 heavy (non-hydrogen) atoms. The molecule has 1 saturated heterocycles. The second-order valence-electron chi connectivity index (χ2n) is 3.95. The molecule has 0 saturated carbocycles. The number of amides is 1. The van der Waals surface area contributed by atoms with Crippen LogP contribution in [-0.4, -0.2) is 26.9 Å². The summed E-state index contributed by atoms with van der Waals surface area (Å²) in [6.07, 6.45) is 6.52. The number of carbonyl (C=O) groups excluding carboxylic acids is 1. The van der Waals surface area contributed by atoms with Crippen molar-refractivity contribution in [3.8, 4) is 0 Å². The smallest absolute Gasteiger partial charge is 0.233 e. The SMILES string of the molecule is CCC(NC(=O)C1CCCS1)c1ncc[nH]1. The highest BCUT2D eigenvalue weighted by Crippen LogP contribution is 2.27. The summed E-state index contributed by atoms with van der Waals surface area (Å²) in [5.74, 6) is 2.11. The molecule has 1 aliphatic heterocycles. The van der Waals surface area contributed by atoms with Gasteiger partial charge in [0.2, 0.25) is 5.91 Å². The third-order valence-electron chi connectivity index (χ3n) is 2.80. The molecule has 2 rings (SSSR count). The Hall–Kier alpha value is -0.970. The van der Waals surface area contributed by atoms with Crippen LogP contribution in [0, 0.1) is 0 Å².